The maximum absolute atomic E-state index is 13.6. The van der Waals surface area contributed by atoms with Gasteiger partial charge in [-0.25, -0.2) is 4.39 Å². The number of hydrogen-bond acceptors (Lipinski definition) is 3. The van der Waals surface area contributed by atoms with Crippen molar-refractivity contribution in [1.82, 2.24) is 9.80 Å². The molecule has 1 aromatic rings. The fourth-order valence-corrected chi connectivity index (χ4v) is 2.63. The van der Waals surface area contributed by atoms with Crippen molar-refractivity contribution in [3.8, 4) is 0 Å². The van der Waals surface area contributed by atoms with Gasteiger partial charge in [0.25, 0.3) is 5.91 Å². The summed E-state index contributed by atoms with van der Waals surface area (Å²) in [7, 11) is 3.86. The standard InChI is InChI=1S/C15H21FN2O2/c1-10-4-5-11(6-14(10)16)15(20)18-9-13(19)7-12(18)8-17(2)3/h4-6,12-13,19H,7-9H2,1-3H3. The van der Waals surface area contributed by atoms with Crippen molar-refractivity contribution >= 4 is 5.91 Å². The normalized spacial score (nSPS) is 22.6. The molecule has 1 aliphatic heterocycles. The third-order valence-corrected chi connectivity index (χ3v) is 3.65. The van der Waals surface area contributed by atoms with Crippen LogP contribution in [0.2, 0.25) is 0 Å². The molecule has 0 aliphatic carbocycles. The summed E-state index contributed by atoms with van der Waals surface area (Å²) in [6, 6.07) is 4.49. The van der Waals surface area contributed by atoms with Crippen LogP contribution in [0.5, 0.6) is 0 Å². The van der Waals surface area contributed by atoms with E-state index in [1.165, 1.54) is 6.07 Å². The molecule has 2 unspecified atom stereocenters. The summed E-state index contributed by atoms with van der Waals surface area (Å²) in [5, 5.41) is 9.79. The summed E-state index contributed by atoms with van der Waals surface area (Å²) in [6.45, 7) is 2.67. The average molecular weight is 280 g/mol. The largest absolute Gasteiger partial charge is 0.391 e. The van der Waals surface area contributed by atoms with Gasteiger partial charge in [-0.05, 0) is 45.1 Å². The number of aryl methyl sites for hydroxylation is 1. The van der Waals surface area contributed by atoms with Crippen LogP contribution in [0.15, 0.2) is 18.2 Å². The lowest BCUT2D eigenvalue weighted by Gasteiger charge is -2.27. The van der Waals surface area contributed by atoms with E-state index in [9.17, 15) is 14.3 Å². The number of nitrogens with zero attached hydrogens (tertiary/aromatic N) is 2. The van der Waals surface area contributed by atoms with Crippen molar-refractivity contribution in [3.63, 3.8) is 0 Å². The smallest absolute Gasteiger partial charge is 0.254 e. The highest BCUT2D eigenvalue weighted by molar-refractivity contribution is 5.94. The van der Waals surface area contributed by atoms with E-state index in [0.717, 1.165) is 0 Å². The first-order chi connectivity index (χ1) is 9.38. The van der Waals surface area contributed by atoms with E-state index in [1.54, 1.807) is 24.0 Å². The minimum absolute atomic E-state index is 0.0307. The molecule has 0 bridgehead atoms. The Balaban J connectivity index is 2.19. The van der Waals surface area contributed by atoms with Crippen molar-refractivity contribution in [3.05, 3.63) is 35.1 Å². The molecule has 1 aromatic carbocycles. The van der Waals surface area contributed by atoms with Gasteiger partial charge in [0.05, 0.1) is 6.10 Å². The summed E-state index contributed by atoms with van der Waals surface area (Å²) in [5.74, 6) is -0.591. The van der Waals surface area contributed by atoms with Crippen LogP contribution in [0.25, 0.3) is 0 Å². The lowest BCUT2D eigenvalue weighted by atomic mass is 10.1. The minimum Gasteiger partial charge on any atom is -0.391 e. The van der Waals surface area contributed by atoms with E-state index in [-0.39, 0.29) is 17.8 Å². The number of halogens is 1. The molecule has 1 N–H and O–H groups in total. The van der Waals surface area contributed by atoms with Crippen molar-refractivity contribution < 1.29 is 14.3 Å². The predicted octanol–water partition coefficient (Wildman–Crippen LogP) is 1.27. The fraction of sp³-hybridized carbons (Fsp3) is 0.533. The van der Waals surface area contributed by atoms with Gasteiger partial charge in [0.2, 0.25) is 0 Å². The second-order valence-corrected chi connectivity index (χ2v) is 5.73. The zero-order valence-corrected chi connectivity index (χ0v) is 12.1. The van der Waals surface area contributed by atoms with Gasteiger partial charge in [-0.1, -0.05) is 6.07 Å². The Kier molecular flexibility index (Phi) is 4.40. The molecule has 1 aliphatic rings. The summed E-state index contributed by atoms with van der Waals surface area (Å²) in [4.78, 5) is 16.1. The number of rotatable bonds is 3. The maximum atomic E-state index is 13.6. The number of aliphatic hydroxyl groups excluding tert-OH is 1. The van der Waals surface area contributed by atoms with Crippen molar-refractivity contribution in [2.45, 2.75) is 25.5 Å². The van der Waals surface area contributed by atoms with Gasteiger partial charge < -0.3 is 14.9 Å². The molecule has 5 heteroatoms. The van der Waals surface area contributed by atoms with E-state index >= 15 is 0 Å². The van der Waals surface area contributed by atoms with E-state index < -0.39 is 6.10 Å². The molecule has 20 heavy (non-hydrogen) atoms. The first kappa shape index (κ1) is 14.9. The van der Waals surface area contributed by atoms with Gasteiger partial charge in [0, 0.05) is 24.7 Å². The summed E-state index contributed by atoms with van der Waals surface area (Å²) >= 11 is 0. The lowest BCUT2D eigenvalue weighted by Crippen LogP contribution is -2.41. The van der Waals surface area contributed by atoms with Crippen molar-refractivity contribution in [2.75, 3.05) is 27.2 Å². The summed E-state index contributed by atoms with van der Waals surface area (Å²) in [6.07, 6.45) is 0.0670. The number of amides is 1. The van der Waals surface area contributed by atoms with E-state index in [4.69, 9.17) is 0 Å². The Morgan fingerprint density at radius 2 is 2.20 bits per heavy atom. The highest BCUT2D eigenvalue weighted by Gasteiger charge is 2.34. The third-order valence-electron chi connectivity index (χ3n) is 3.65. The van der Waals surface area contributed by atoms with Crippen LogP contribution in [-0.2, 0) is 0 Å². The molecule has 1 saturated heterocycles. The molecule has 0 aromatic heterocycles. The van der Waals surface area contributed by atoms with Gasteiger partial charge in [-0.15, -0.1) is 0 Å². The minimum atomic E-state index is -0.501. The Hall–Kier alpha value is -1.46. The first-order valence-electron chi connectivity index (χ1n) is 6.78. The van der Waals surface area contributed by atoms with Crippen LogP contribution in [0, 0.1) is 12.7 Å². The number of aliphatic hydroxyl groups is 1. The second-order valence-electron chi connectivity index (χ2n) is 5.73. The zero-order valence-electron chi connectivity index (χ0n) is 12.1. The molecular weight excluding hydrogens is 259 g/mol. The van der Waals surface area contributed by atoms with Crippen molar-refractivity contribution in [1.29, 1.82) is 0 Å². The number of β-amino-alcohol motifs (C(OH)–C–C–N with tert-alkyl or cyclic N) is 1. The quantitative estimate of drug-likeness (QED) is 0.907. The van der Waals surface area contributed by atoms with Crippen LogP contribution < -0.4 is 0 Å². The number of carbonyl (C=O) groups is 1. The molecule has 110 valence electrons. The summed E-state index contributed by atoms with van der Waals surface area (Å²) < 4.78 is 13.6. The van der Waals surface area contributed by atoms with Gasteiger partial charge in [-0.2, -0.15) is 0 Å². The van der Waals surface area contributed by atoms with E-state index in [1.807, 2.05) is 19.0 Å². The Bertz CT molecular complexity index is 505. The van der Waals surface area contributed by atoms with Crippen molar-refractivity contribution in [2.24, 2.45) is 0 Å². The lowest BCUT2D eigenvalue weighted by molar-refractivity contribution is 0.0698. The predicted molar refractivity (Wildman–Crippen MR) is 75.1 cm³/mol. The maximum Gasteiger partial charge on any atom is 0.254 e. The third kappa shape index (κ3) is 3.16. The Labute approximate surface area is 118 Å². The van der Waals surface area contributed by atoms with Gasteiger partial charge in [-0.3, -0.25) is 4.79 Å². The molecule has 1 fully saturated rings. The SMILES string of the molecule is Cc1ccc(C(=O)N2CC(O)CC2CN(C)C)cc1F. The van der Waals surface area contributed by atoms with Gasteiger partial charge >= 0.3 is 0 Å². The number of hydrogen-bond donors (Lipinski definition) is 1. The van der Waals surface area contributed by atoms with Gasteiger partial charge in [0.15, 0.2) is 0 Å². The molecule has 0 spiro atoms. The van der Waals surface area contributed by atoms with Crippen LogP contribution in [0.3, 0.4) is 0 Å². The molecule has 2 rings (SSSR count). The molecule has 4 nitrogen and oxygen atoms in total. The number of likely N-dealkylation sites (N-methyl/N-ethyl adjacent to an activating group) is 1. The number of carbonyl (C=O) groups excluding carboxylic acids is 1. The zero-order chi connectivity index (χ0) is 14.9. The molecule has 1 amide bonds. The summed E-state index contributed by atoms with van der Waals surface area (Å²) in [5.41, 5.74) is 0.860. The number of benzene rings is 1. The molecule has 2 atom stereocenters. The van der Waals surface area contributed by atoms with Crippen LogP contribution >= 0.6 is 0 Å². The van der Waals surface area contributed by atoms with Crippen LogP contribution in [0.4, 0.5) is 4.39 Å². The topological polar surface area (TPSA) is 43.8 Å². The van der Waals surface area contributed by atoms with E-state index in [0.29, 0.717) is 30.6 Å². The molecule has 0 saturated carbocycles. The molecule has 1 heterocycles. The second kappa shape index (κ2) is 5.89. The monoisotopic (exact) mass is 280 g/mol. The number of likely N-dealkylation sites (tertiary alicyclic amines) is 1. The molecule has 0 radical (unpaired) electrons. The van der Waals surface area contributed by atoms with Crippen LogP contribution in [0.1, 0.15) is 22.3 Å². The Morgan fingerprint density at radius 3 is 2.80 bits per heavy atom. The van der Waals surface area contributed by atoms with Crippen LogP contribution in [-0.4, -0.2) is 60.1 Å². The highest BCUT2D eigenvalue weighted by Crippen LogP contribution is 2.22. The fourth-order valence-electron chi connectivity index (χ4n) is 2.63. The van der Waals surface area contributed by atoms with E-state index in [2.05, 4.69) is 0 Å². The highest BCUT2D eigenvalue weighted by atomic mass is 19.1. The average Bonchev–Trinajstić information content (AvgIpc) is 2.72. The Morgan fingerprint density at radius 1 is 1.50 bits per heavy atom. The molecular formula is C15H21FN2O2. The first-order valence-corrected chi connectivity index (χ1v) is 6.78. The van der Waals surface area contributed by atoms with Gasteiger partial charge in [0.1, 0.15) is 5.82 Å².